The lowest BCUT2D eigenvalue weighted by atomic mass is 9.97. The zero-order valence-electron chi connectivity index (χ0n) is 8.96. The zero-order chi connectivity index (χ0) is 10.1. The summed E-state index contributed by atoms with van der Waals surface area (Å²) in [5.41, 5.74) is 10.9. The molecule has 1 saturated carbocycles. The number of hydrogen-bond acceptors (Lipinski definition) is 3. The largest absolute Gasteiger partial charge is 0.367 e. The second-order valence-corrected chi connectivity index (χ2v) is 3.58. The molecule has 0 bridgehead atoms. The van der Waals surface area contributed by atoms with Crippen LogP contribution in [0.1, 0.15) is 45.4 Å². The molecule has 4 N–H and O–H groups in total. The predicted octanol–water partition coefficient (Wildman–Crippen LogP) is 1.61. The Hall–Kier alpha value is -0.120. The van der Waals surface area contributed by atoms with E-state index < -0.39 is 0 Å². The smallest absolute Gasteiger partial charge is 0.104 e. The third-order valence-corrected chi connectivity index (χ3v) is 2.35. The average molecular weight is 188 g/mol. The first-order chi connectivity index (χ1) is 6.20. The lowest BCUT2D eigenvalue weighted by Gasteiger charge is -2.15. The number of methoxy groups -OCH3 is 1. The average Bonchev–Trinajstić information content (AvgIpc) is 2.19. The molecule has 0 radical (unpaired) electrons. The van der Waals surface area contributed by atoms with Gasteiger partial charge in [-0.2, -0.15) is 0 Å². The van der Waals surface area contributed by atoms with Crippen molar-refractivity contribution in [3.63, 3.8) is 0 Å². The van der Waals surface area contributed by atoms with Crippen LogP contribution in [0.2, 0.25) is 0 Å². The fourth-order valence-electron chi connectivity index (χ4n) is 1.30. The first-order valence-electron chi connectivity index (χ1n) is 5.24. The fraction of sp³-hybridized carbons (Fsp3) is 1.00. The van der Waals surface area contributed by atoms with E-state index >= 15 is 0 Å². The van der Waals surface area contributed by atoms with Crippen LogP contribution in [-0.4, -0.2) is 19.4 Å². The Bertz CT molecular complexity index is 99.1. The molecular formula is C10H24N2O. The molecule has 1 fully saturated rings. The normalized spacial score (nSPS) is 20.3. The van der Waals surface area contributed by atoms with Gasteiger partial charge in [-0.3, -0.25) is 0 Å². The Morgan fingerprint density at radius 3 is 2.00 bits per heavy atom. The zero-order valence-corrected chi connectivity index (χ0v) is 8.96. The molecule has 1 rings (SSSR count). The second kappa shape index (κ2) is 8.48. The fourth-order valence-corrected chi connectivity index (χ4v) is 1.30. The van der Waals surface area contributed by atoms with Gasteiger partial charge in [0.05, 0.1) is 0 Å². The molecule has 0 amide bonds. The summed E-state index contributed by atoms with van der Waals surface area (Å²) in [6.07, 6.45) is 7.48. The molecule has 0 aromatic carbocycles. The van der Waals surface area contributed by atoms with Crippen molar-refractivity contribution in [2.75, 3.05) is 7.11 Å². The van der Waals surface area contributed by atoms with E-state index in [1.165, 1.54) is 32.1 Å². The van der Waals surface area contributed by atoms with Crippen molar-refractivity contribution >= 4 is 0 Å². The van der Waals surface area contributed by atoms with Crippen LogP contribution < -0.4 is 11.5 Å². The maximum absolute atomic E-state index is 5.63. The van der Waals surface area contributed by atoms with E-state index in [4.69, 9.17) is 11.5 Å². The summed E-state index contributed by atoms with van der Waals surface area (Å²) in [6.45, 7) is 1.98. The maximum Gasteiger partial charge on any atom is 0.104 e. The van der Waals surface area contributed by atoms with E-state index in [0.717, 1.165) is 6.42 Å². The van der Waals surface area contributed by atoms with E-state index in [9.17, 15) is 0 Å². The van der Waals surface area contributed by atoms with Crippen LogP contribution in [0, 0.1) is 0 Å². The van der Waals surface area contributed by atoms with Crippen molar-refractivity contribution in [2.45, 2.75) is 57.7 Å². The monoisotopic (exact) mass is 188 g/mol. The van der Waals surface area contributed by atoms with Crippen LogP contribution in [0.4, 0.5) is 0 Å². The Kier molecular flexibility index (Phi) is 8.40. The minimum absolute atomic E-state index is 0.0648. The van der Waals surface area contributed by atoms with Crippen molar-refractivity contribution < 1.29 is 4.74 Å². The van der Waals surface area contributed by atoms with Gasteiger partial charge in [-0.1, -0.05) is 26.2 Å². The molecule has 1 atom stereocenters. The van der Waals surface area contributed by atoms with Crippen LogP contribution in [0.25, 0.3) is 0 Å². The van der Waals surface area contributed by atoms with Crippen LogP contribution in [0.5, 0.6) is 0 Å². The molecule has 3 heteroatoms. The molecule has 0 aromatic rings. The number of nitrogens with two attached hydrogens (primary N) is 2. The van der Waals surface area contributed by atoms with Crippen molar-refractivity contribution in [3.8, 4) is 0 Å². The molecule has 3 nitrogen and oxygen atoms in total. The minimum Gasteiger partial charge on any atom is -0.367 e. The number of hydrogen-bond donors (Lipinski definition) is 2. The van der Waals surface area contributed by atoms with Gasteiger partial charge in [-0.25, -0.2) is 0 Å². The first kappa shape index (κ1) is 12.9. The van der Waals surface area contributed by atoms with E-state index in [2.05, 4.69) is 4.74 Å². The number of rotatable bonds is 2. The van der Waals surface area contributed by atoms with Gasteiger partial charge < -0.3 is 16.2 Å². The van der Waals surface area contributed by atoms with E-state index in [1.54, 1.807) is 7.11 Å². The van der Waals surface area contributed by atoms with E-state index in [0.29, 0.717) is 6.04 Å². The summed E-state index contributed by atoms with van der Waals surface area (Å²) in [7, 11) is 1.61. The van der Waals surface area contributed by atoms with Crippen molar-refractivity contribution in [3.05, 3.63) is 0 Å². The van der Waals surface area contributed by atoms with Crippen molar-refractivity contribution in [1.29, 1.82) is 0 Å². The maximum atomic E-state index is 5.63. The summed E-state index contributed by atoms with van der Waals surface area (Å²) < 4.78 is 4.68. The summed E-state index contributed by atoms with van der Waals surface area (Å²) in [6, 6.07) is 0.536. The van der Waals surface area contributed by atoms with E-state index in [1.807, 2.05) is 6.92 Å². The molecule has 0 aliphatic heterocycles. The second-order valence-electron chi connectivity index (χ2n) is 3.58. The molecule has 1 aliphatic rings. The van der Waals surface area contributed by atoms with Crippen molar-refractivity contribution in [2.24, 2.45) is 11.5 Å². The highest BCUT2D eigenvalue weighted by atomic mass is 16.5. The molecule has 0 spiro atoms. The minimum atomic E-state index is -0.0648. The molecule has 0 aromatic heterocycles. The van der Waals surface area contributed by atoms with Gasteiger partial charge >= 0.3 is 0 Å². The van der Waals surface area contributed by atoms with Gasteiger partial charge in [0.25, 0.3) is 0 Å². The van der Waals surface area contributed by atoms with Gasteiger partial charge in [0, 0.05) is 13.2 Å². The standard InChI is InChI=1S/C6H13N.C4H11NO/c7-6-4-2-1-3-5-6;1-3-4(5)6-2/h6H,1-5,7H2;4H,3,5H2,1-2H3. The summed E-state index contributed by atoms with van der Waals surface area (Å²) in [5, 5.41) is 0. The Morgan fingerprint density at radius 1 is 1.31 bits per heavy atom. The van der Waals surface area contributed by atoms with Crippen LogP contribution >= 0.6 is 0 Å². The van der Waals surface area contributed by atoms with Crippen LogP contribution in [-0.2, 0) is 4.74 Å². The Labute approximate surface area is 81.8 Å². The molecule has 1 aliphatic carbocycles. The topological polar surface area (TPSA) is 61.3 Å². The summed E-state index contributed by atoms with van der Waals surface area (Å²) >= 11 is 0. The molecule has 80 valence electrons. The van der Waals surface area contributed by atoms with Crippen LogP contribution in [0.15, 0.2) is 0 Å². The predicted molar refractivity (Wildman–Crippen MR) is 56.3 cm³/mol. The number of ether oxygens (including phenoxy) is 1. The van der Waals surface area contributed by atoms with Gasteiger partial charge in [0.2, 0.25) is 0 Å². The highest BCUT2D eigenvalue weighted by Gasteiger charge is 2.06. The van der Waals surface area contributed by atoms with Gasteiger partial charge in [-0.05, 0) is 19.3 Å². The molecule has 1 unspecified atom stereocenters. The molecule has 0 heterocycles. The Morgan fingerprint density at radius 2 is 1.85 bits per heavy atom. The quantitative estimate of drug-likeness (QED) is 0.647. The van der Waals surface area contributed by atoms with Gasteiger partial charge in [-0.15, -0.1) is 0 Å². The highest BCUT2D eigenvalue weighted by Crippen LogP contribution is 2.14. The molecule has 13 heavy (non-hydrogen) atoms. The van der Waals surface area contributed by atoms with Crippen LogP contribution in [0.3, 0.4) is 0 Å². The van der Waals surface area contributed by atoms with Gasteiger partial charge in [0.1, 0.15) is 6.23 Å². The SMILES string of the molecule is CCC(N)OC.NC1CCCCC1. The Balaban J connectivity index is 0.000000226. The molecule has 0 saturated heterocycles. The first-order valence-corrected chi connectivity index (χ1v) is 5.24. The third kappa shape index (κ3) is 8.22. The van der Waals surface area contributed by atoms with Crippen molar-refractivity contribution in [1.82, 2.24) is 0 Å². The highest BCUT2D eigenvalue weighted by molar-refractivity contribution is 4.66. The van der Waals surface area contributed by atoms with E-state index in [-0.39, 0.29) is 6.23 Å². The lowest BCUT2D eigenvalue weighted by molar-refractivity contribution is 0.105. The molecular weight excluding hydrogens is 164 g/mol. The summed E-state index contributed by atoms with van der Waals surface area (Å²) in [4.78, 5) is 0. The lowest BCUT2D eigenvalue weighted by Crippen LogP contribution is -2.22. The summed E-state index contributed by atoms with van der Waals surface area (Å²) in [5.74, 6) is 0. The third-order valence-electron chi connectivity index (χ3n) is 2.35. The van der Waals surface area contributed by atoms with Gasteiger partial charge in [0.15, 0.2) is 0 Å².